The number of aromatic nitrogens is 1. The first-order valence-electron chi connectivity index (χ1n) is 8.22. The van der Waals surface area contributed by atoms with Crippen molar-refractivity contribution in [3.05, 3.63) is 65.4 Å². The van der Waals surface area contributed by atoms with Gasteiger partial charge in [-0.15, -0.1) is 0 Å². The van der Waals surface area contributed by atoms with Gasteiger partial charge >= 0.3 is 0 Å². The van der Waals surface area contributed by atoms with Crippen molar-refractivity contribution in [3.8, 4) is 5.75 Å². The lowest BCUT2D eigenvalue weighted by Gasteiger charge is -2.09. The number of carbonyl (C=O) groups is 3. The number of ether oxygens (including phenoxy) is 2. The van der Waals surface area contributed by atoms with Crippen LogP contribution in [0.25, 0.3) is 10.9 Å². The van der Waals surface area contributed by atoms with Crippen molar-refractivity contribution in [1.82, 2.24) is 4.57 Å². The fourth-order valence-corrected chi connectivity index (χ4v) is 3.11. The van der Waals surface area contributed by atoms with Crippen molar-refractivity contribution >= 4 is 29.1 Å². The Kier molecular flexibility index (Phi) is 5.21. The largest absolute Gasteiger partial charge is 0.457 e. The van der Waals surface area contributed by atoms with E-state index in [2.05, 4.69) is 4.74 Å². The number of rotatable bonds is 8. The van der Waals surface area contributed by atoms with Gasteiger partial charge in [0.15, 0.2) is 0 Å². The molecule has 0 bridgehead atoms. The van der Waals surface area contributed by atoms with Gasteiger partial charge in [0, 0.05) is 12.2 Å². The molecule has 27 heavy (non-hydrogen) atoms. The molecule has 0 unspecified atom stereocenters. The number of carbonyl (C=O) groups excluding carboxylic acids is 3. The molecule has 3 aromatic rings. The topological polar surface area (TPSA) is 101 Å². The number of hydrogen-bond acceptors (Lipinski definition) is 5. The minimum atomic E-state index is -1.05. The van der Waals surface area contributed by atoms with Crippen LogP contribution in [-0.2, 0) is 20.9 Å². The molecule has 0 aliphatic heterocycles. The number of nitrogens with two attached hydrogens (primary N) is 1. The number of nitrogens with zero attached hydrogens (tertiary/aromatic N) is 1. The van der Waals surface area contributed by atoms with Crippen LogP contribution >= 0.6 is 0 Å². The van der Waals surface area contributed by atoms with Crippen molar-refractivity contribution in [2.75, 3.05) is 6.79 Å². The Bertz CT molecular complexity index is 1010. The third-order valence-electron chi connectivity index (χ3n) is 4.30. The summed E-state index contributed by atoms with van der Waals surface area (Å²) in [5, 5.41) is 0.462. The second-order valence-corrected chi connectivity index (χ2v) is 5.90. The zero-order valence-corrected chi connectivity index (χ0v) is 14.7. The SMILES string of the molecule is Cc1c(C(=O)C(N)=O)c2c(OCOC=O)cccc2n1Cc1ccccc1. The second-order valence-electron chi connectivity index (χ2n) is 5.90. The third-order valence-corrected chi connectivity index (χ3v) is 4.30. The molecule has 1 heterocycles. The van der Waals surface area contributed by atoms with E-state index in [1.807, 2.05) is 41.0 Å². The maximum Gasteiger partial charge on any atom is 0.295 e. The molecule has 1 amide bonds. The lowest BCUT2D eigenvalue weighted by molar-refractivity contribution is -0.134. The molecule has 7 nitrogen and oxygen atoms in total. The van der Waals surface area contributed by atoms with E-state index in [4.69, 9.17) is 10.5 Å². The van der Waals surface area contributed by atoms with E-state index < -0.39 is 11.7 Å². The van der Waals surface area contributed by atoms with Gasteiger partial charge in [-0.3, -0.25) is 14.4 Å². The lowest BCUT2D eigenvalue weighted by Crippen LogP contribution is -2.24. The normalized spacial score (nSPS) is 10.6. The average molecular weight is 366 g/mol. The number of benzene rings is 2. The standard InChI is InChI=1S/C20H18N2O5/c1-13-17(19(24)20(21)25)18-15(8-5-9-16(18)27-12-26-11-23)22(13)10-14-6-3-2-4-7-14/h2-9,11H,10,12H2,1H3,(H2,21,25). The van der Waals surface area contributed by atoms with Crippen molar-refractivity contribution in [3.63, 3.8) is 0 Å². The predicted octanol–water partition coefficient (Wildman–Crippen LogP) is 2.18. The maximum absolute atomic E-state index is 12.5. The van der Waals surface area contributed by atoms with Crippen LogP contribution in [0.4, 0.5) is 0 Å². The molecule has 0 spiro atoms. The highest BCUT2D eigenvalue weighted by Gasteiger charge is 2.26. The summed E-state index contributed by atoms with van der Waals surface area (Å²) in [7, 11) is 0. The summed E-state index contributed by atoms with van der Waals surface area (Å²) in [6.07, 6.45) is 0. The summed E-state index contributed by atoms with van der Waals surface area (Å²) in [4.78, 5) is 34.4. The molecular formula is C20H18N2O5. The van der Waals surface area contributed by atoms with Crippen LogP contribution in [0.15, 0.2) is 48.5 Å². The van der Waals surface area contributed by atoms with Gasteiger partial charge in [0.05, 0.1) is 16.5 Å². The zero-order valence-electron chi connectivity index (χ0n) is 14.7. The van der Waals surface area contributed by atoms with Gasteiger partial charge in [0.25, 0.3) is 18.2 Å². The Morgan fingerprint density at radius 3 is 2.52 bits per heavy atom. The molecule has 2 aromatic carbocycles. The minimum Gasteiger partial charge on any atom is -0.457 e. The van der Waals surface area contributed by atoms with Gasteiger partial charge in [-0.1, -0.05) is 36.4 Å². The van der Waals surface area contributed by atoms with E-state index in [0.717, 1.165) is 5.56 Å². The number of primary amides is 1. The molecule has 0 saturated carbocycles. The van der Waals surface area contributed by atoms with Crippen molar-refractivity contribution in [1.29, 1.82) is 0 Å². The Balaban J connectivity index is 2.20. The van der Waals surface area contributed by atoms with Gasteiger partial charge in [-0.2, -0.15) is 0 Å². The third kappa shape index (κ3) is 3.52. The van der Waals surface area contributed by atoms with Crippen LogP contribution in [0.1, 0.15) is 21.6 Å². The van der Waals surface area contributed by atoms with Gasteiger partial charge in [0.1, 0.15) is 5.75 Å². The monoisotopic (exact) mass is 366 g/mol. The Labute approximate surface area is 155 Å². The molecule has 2 N–H and O–H groups in total. The number of amides is 1. The molecular weight excluding hydrogens is 348 g/mol. The van der Waals surface area contributed by atoms with Crippen LogP contribution in [0.5, 0.6) is 5.75 Å². The molecule has 7 heteroatoms. The van der Waals surface area contributed by atoms with Gasteiger partial charge in [-0.05, 0) is 24.6 Å². The van der Waals surface area contributed by atoms with Crippen LogP contribution < -0.4 is 10.5 Å². The predicted molar refractivity (Wildman–Crippen MR) is 98.4 cm³/mol. The van der Waals surface area contributed by atoms with Crippen molar-refractivity contribution in [2.45, 2.75) is 13.5 Å². The Morgan fingerprint density at radius 2 is 1.85 bits per heavy atom. The highest BCUT2D eigenvalue weighted by Crippen LogP contribution is 2.34. The number of ketones is 1. The summed E-state index contributed by atoms with van der Waals surface area (Å²) < 4.78 is 12.0. The van der Waals surface area contributed by atoms with Crippen LogP contribution in [0.3, 0.4) is 0 Å². The van der Waals surface area contributed by atoms with E-state index in [1.165, 1.54) is 0 Å². The fraction of sp³-hybridized carbons (Fsp3) is 0.150. The minimum absolute atomic E-state index is 0.190. The molecule has 138 valence electrons. The van der Waals surface area contributed by atoms with E-state index in [0.29, 0.717) is 28.9 Å². The molecule has 0 atom stereocenters. The first kappa shape index (κ1) is 18.2. The molecule has 0 radical (unpaired) electrons. The smallest absolute Gasteiger partial charge is 0.295 e. The van der Waals surface area contributed by atoms with Gasteiger partial charge < -0.3 is 19.8 Å². The van der Waals surface area contributed by atoms with Crippen molar-refractivity contribution < 1.29 is 23.9 Å². The van der Waals surface area contributed by atoms with Crippen molar-refractivity contribution in [2.24, 2.45) is 5.73 Å². The highest BCUT2D eigenvalue weighted by atomic mass is 16.7. The fourth-order valence-electron chi connectivity index (χ4n) is 3.11. The first-order valence-corrected chi connectivity index (χ1v) is 8.22. The Hall–Kier alpha value is -3.61. The number of fused-ring (bicyclic) bond motifs is 1. The van der Waals surface area contributed by atoms with Crippen LogP contribution in [-0.4, -0.2) is 29.5 Å². The molecule has 0 aliphatic carbocycles. The summed E-state index contributed by atoms with van der Waals surface area (Å²) in [6.45, 7) is 2.21. The Morgan fingerprint density at radius 1 is 1.11 bits per heavy atom. The zero-order chi connectivity index (χ0) is 19.4. The number of hydrogen-bond donors (Lipinski definition) is 1. The quantitative estimate of drug-likeness (QED) is 0.216. The van der Waals surface area contributed by atoms with Gasteiger partial charge in [-0.25, -0.2) is 0 Å². The summed E-state index contributed by atoms with van der Waals surface area (Å²) in [6, 6.07) is 15.0. The van der Waals surface area contributed by atoms with E-state index in [-0.39, 0.29) is 18.8 Å². The molecule has 1 aromatic heterocycles. The average Bonchev–Trinajstić information content (AvgIpc) is 2.95. The van der Waals surface area contributed by atoms with E-state index >= 15 is 0 Å². The maximum atomic E-state index is 12.5. The van der Waals surface area contributed by atoms with Gasteiger partial charge in [0.2, 0.25) is 6.79 Å². The molecule has 3 rings (SSSR count). The molecule has 0 fully saturated rings. The second kappa shape index (κ2) is 7.74. The lowest BCUT2D eigenvalue weighted by atomic mass is 10.1. The van der Waals surface area contributed by atoms with Crippen LogP contribution in [0, 0.1) is 6.92 Å². The van der Waals surface area contributed by atoms with E-state index in [1.54, 1.807) is 19.1 Å². The summed E-state index contributed by atoms with van der Waals surface area (Å²) in [5.74, 6) is -1.51. The summed E-state index contributed by atoms with van der Waals surface area (Å²) in [5.41, 5.74) is 7.79. The summed E-state index contributed by atoms with van der Waals surface area (Å²) >= 11 is 0. The first-order chi connectivity index (χ1) is 13.0. The molecule has 0 aliphatic rings. The highest BCUT2D eigenvalue weighted by molar-refractivity contribution is 6.45. The van der Waals surface area contributed by atoms with E-state index in [9.17, 15) is 14.4 Å². The van der Waals surface area contributed by atoms with Crippen LogP contribution in [0.2, 0.25) is 0 Å². The number of Topliss-reactive ketones (excluding diaryl/α,β-unsaturated/α-hetero) is 1. The molecule has 0 saturated heterocycles.